The Morgan fingerprint density at radius 1 is 1.27 bits per heavy atom. The molecule has 174 valence electrons. The first-order valence-electron chi connectivity index (χ1n) is 10.8. The van der Waals surface area contributed by atoms with Gasteiger partial charge in [0.05, 0.1) is 30.3 Å². The Hall–Kier alpha value is -3.56. The fourth-order valence-corrected chi connectivity index (χ4v) is 4.28. The van der Waals surface area contributed by atoms with Gasteiger partial charge in [-0.2, -0.15) is 5.10 Å². The van der Waals surface area contributed by atoms with Gasteiger partial charge in [0.25, 0.3) is 0 Å². The van der Waals surface area contributed by atoms with Gasteiger partial charge in [0, 0.05) is 19.7 Å². The SMILES string of the molecule is CC(=O)NC[C@H]1CN(c2cc(F)c3c(c2)CCC[C@@H](C(=O)c2cc(C)n(C)n2)C3=O)C(=O)O1. The lowest BCUT2D eigenvalue weighted by atomic mass is 9.89. The molecule has 2 aliphatic rings. The molecule has 0 saturated carbocycles. The number of cyclic esters (lactones) is 1. The summed E-state index contributed by atoms with van der Waals surface area (Å²) in [5.74, 6) is -3.00. The van der Waals surface area contributed by atoms with Gasteiger partial charge in [-0.15, -0.1) is 0 Å². The Bertz CT molecular complexity index is 1140. The molecule has 2 amide bonds. The molecule has 0 bridgehead atoms. The standard InChI is InChI=1S/C23H25FN4O5/c1-12-7-19(26-27(12)3)21(30)17-6-4-5-14-8-15(9-18(24)20(14)22(17)31)28-11-16(33-23(28)32)10-25-13(2)29/h7-9,16-17H,4-6,10-11H2,1-3H3,(H,25,29)/t16-,17-/m0/s1. The maximum Gasteiger partial charge on any atom is 0.414 e. The second-order valence-electron chi connectivity index (χ2n) is 8.48. The lowest BCUT2D eigenvalue weighted by molar-refractivity contribution is -0.119. The molecule has 1 aromatic heterocycles. The molecule has 10 heteroatoms. The second-order valence-corrected chi connectivity index (χ2v) is 8.48. The van der Waals surface area contributed by atoms with E-state index in [4.69, 9.17) is 4.74 Å². The topological polar surface area (TPSA) is 111 Å². The van der Waals surface area contributed by atoms with Crippen molar-refractivity contribution in [3.63, 3.8) is 0 Å². The van der Waals surface area contributed by atoms with Crippen molar-refractivity contribution in [1.29, 1.82) is 0 Å². The third-order valence-corrected chi connectivity index (χ3v) is 6.11. The predicted molar refractivity (Wildman–Crippen MR) is 116 cm³/mol. The third kappa shape index (κ3) is 4.37. The Labute approximate surface area is 189 Å². The number of benzene rings is 1. The zero-order valence-electron chi connectivity index (χ0n) is 18.7. The molecule has 1 N–H and O–H groups in total. The second kappa shape index (κ2) is 8.76. The van der Waals surface area contributed by atoms with Gasteiger partial charge in [0.1, 0.15) is 17.6 Å². The van der Waals surface area contributed by atoms with Crippen LogP contribution in [0.25, 0.3) is 0 Å². The Balaban J connectivity index is 1.59. The predicted octanol–water partition coefficient (Wildman–Crippen LogP) is 2.35. The summed E-state index contributed by atoms with van der Waals surface area (Å²) in [5.41, 5.74) is 1.61. The zero-order chi connectivity index (χ0) is 23.9. The molecule has 2 aromatic rings. The number of aromatic nitrogens is 2. The summed E-state index contributed by atoms with van der Waals surface area (Å²) >= 11 is 0. The fraction of sp³-hybridized carbons (Fsp3) is 0.435. The number of carbonyl (C=O) groups excluding carboxylic acids is 4. The minimum absolute atomic E-state index is 0.107. The molecule has 2 heterocycles. The minimum Gasteiger partial charge on any atom is -0.442 e. The number of hydrogen-bond donors (Lipinski definition) is 1. The van der Waals surface area contributed by atoms with Crippen LogP contribution in [0.1, 0.15) is 51.9 Å². The normalized spacial score (nSPS) is 20.3. The smallest absolute Gasteiger partial charge is 0.414 e. The van der Waals surface area contributed by atoms with Gasteiger partial charge in [0.15, 0.2) is 11.6 Å². The first-order valence-corrected chi connectivity index (χ1v) is 10.8. The van der Waals surface area contributed by atoms with E-state index in [0.29, 0.717) is 24.8 Å². The number of ketones is 2. The van der Waals surface area contributed by atoms with Crippen molar-refractivity contribution in [2.75, 3.05) is 18.0 Å². The van der Waals surface area contributed by atoms with Crippen LogP contribution in [0.2, 0.25) is 0 Å². The summed E-state index contributed by atoms with van der Waals surface area (Å²) in [5, 5.41) is 6.76. The Morgan fingerprint density at radius 3 is 2.70 bits per heavy atom. The molecule has 0 unspecified atom stereocenters. The maximum absolute atomic E-state index is 15.2. The number of nitrogens with zero attached hydrogens (tertiary/aromatic N) is 3. The number of Topliss-reactive ketones (excluding diaryl/α,β-unsaturated/α-hetero) is 2. The highest BCUT2D eigenvalue weighted by atomic mass is 19.1. The molecule has 0 spiro atoms. The van der Waals surface area contributed by atoms with E-state index in [2.05, 4.69) is 10.4 Å². The van der Waals surface area contributed by atoms with Crippen LogP contribution in [0.4, 0.5) is 14.9 Å². The zero-order valence-corrected chi connectivity index (χ0v) is 18.7. The largest absolute Gasteiger partial charge is 0.442 e. The maximum atomic E-state index is 15.2. The minimum atomic E-state index is -1.00. The number of nitrogens with one attached hydrogen (secondary N) is 1. The molecule has 1 saturated heterocycles. The number of amides is 2. The fourth-order valence-electron chi connectivity index (χ4n) is 4.28. The number of carbonyl (C=O) groups is 4. The third-order valence-electron chi connectivity index (χ3n) is 6.11. The highest BCUT2D eigenvalue weighted by Gasteiger charge is 2.37. The number of rotatable bonds is 5. The van der Waals surface area contributed by atoms with Crippen molar-refractivity contribution < 1.29 is 28.3 Å². The molecular formula is C23H25FN4O5. The molecule has 1 aliphatic carbocycles. The molecule has 1 aromatic carbocycles. The van der Waals surface area contributed by atoms with Crippen molar-refractivity contribution >= 4 is 29.3 Å². The average molecular weight is 456 g/mol. The number of fused-ring (bicyclic) bond motifs is 1. The van der Waals surface area contributed by atoms with Gasteiger partial charge in [-0.3, -0.25) is 24.0 Å². The molecule has 4 rings (SSSR count). The average Bonchev–Trinajstić information content (AvgIpc) is 3.24. The summed E-state index contributed by atoms with van der Waals surface area (Å²) < 4.78 is 22.0. The van der Waals surface area contributed by atoms with Gasteiger partial charge in [-0.25, -0.2) is 9.18 Å². The lowest BCUT2D eigenvalue weighted by Crippen LogP contribution is -2.33. The van der Waals surface area contributed by atoms with Crippen molar-refractivity contribution in [1.82, 2.24) is 15.1 Å². The van der Waals surface area contributed by atoms with E-state index in [1.54, 1.807) is 30.8 Å². The number of aryl methyl sites for hydroxylation is 3. The van der Waals surface area contributed by atoms with Crippen LogP contribution in [0.3, 0.4) is 0 Å². The van der Waals surface area contributed by atoms with Crippen LogP contribution in [0, 0.1) is 18.7 Å². The van der Waals surface area contributed by atoms with Gasteiger partial charge in [-0.1, -0.05) is 0 Å². The Morgan fingerprint density at radius 2 is 2.03 bits per heavy atom. The lowest BCUT2D eigenvalue weighted by Gasteiger charge is -2.17. The number of ether oxygens (including phenoxy) is 1. The number of anilines is 1. The van der Waals surface area contributed by atoms with Crippen LogP contribution >= 0.6 is 0 Å². The molecule has 1 fully saturated rings. The summed E-state index contributed by atoms with van der Waals surface area (Å²) in [4.78, 5) is 50.9. The highest BCUT2D eigenvalue weighted by Crippen LogP contribution is 2.33. The molecule has 2 atom stereocenters. The summed E-state index contributed by atoms with van der Waals surface area (Å²) in [6.45, 7) is 3.46. The molecule has 0 radical (unpaired) electrons. The summed E-state index contributed by atoms with van der Waals surface area (Å²) in [6, 6.07) is 4.35. The molecule has 33 heavy (non-hydrogen) atoms. The van der Waals surface area contributed by atoms with Gasteiger partial charge < -0.3 is 10.1 Å². The van der Waals surface area contributed by atoms with E-state index in [-0.39, 0.29) is 35.9 Å². The van der Waals surface area contributed by atoms with Gasteiger partial charge in [0.2, 0.25) is 5.91 Å². The Kier molecular flexibility index (Phi) is 6.01. The number of halogens is 1. The van der Waals surface area contributed by atoms with Crippen LogP contribution in [0.5, 0.6) is 0 Å². The van der Waals surface area contributed by atoms with E-state index < -0.39 is 35.5 Å². The van der Waals surface area contributed by atoms with Crippen molar-refractivity contribution in [2.24, 2.45) is 13.0 Å². The van der Waals surface area contributed by atoms with E-state index in [0.717, 1.165) is 11.8 Å². The molecule has 9 nitrogen and oxygen atoms in total. The van der Waals surface area contributed by atoms with Crippen LogP contribution in [-0.4, -0.2) is 52.5 Å². The van der Waals surface area contributed by atoms with Gasteiger partial charge >= 0.3 is 6.09 Å². The quantitative estimate of drug-likeness (QED) is 0.420. The highest BCUT2D eigenvalue weighted by molar-refractivity contribution is 6.16. The molecule has 1 aliphatic heterocycles. The van der Waals surface area contributed by atoms with E-state index >= 15 is 4.39 Å². The van der Waals surface area contributed by atoms with Crippen molar-refractivity contribution in [2.45, 2.75) is 39.2 Å². The van der Waals surface area contributed by atoms with E-state index in [1.165, 1.54) is 11.8 Å². The van der Waals surface area contributed by atoms with Crippen LogP contribution in [0.15, 0.2) is 18.2 Å². The first kappa shape index (κ1) is 22.6. The van der Waals surface area contributed by atoms with E-state index in [1.807, 2.05) is 0 Å². The van der Waals surface area contributed by atoms with Crippen molar-refractivity contribution in [3.8, 4) is 0 Å². The van der Waals surface area contributed by atoms with Crippen molar-refractivity contribution in [3.05, 3.63) is 46.5 Å². The monoisotopic (exact) mass is 456 g/mol. The van der Waals surface area contributed by atoms with E-state index in [9.17, 15) is 19.2 Å². The van der Waals surface area contributed by atoms with Crippen LogP contribution in [-0.2, 0) is 23.0 Å². The first-order chi connectivity index (χ1) is 15.7. The summed E-state index contributed by atoms with van der Waals surface area (Å²) in [7, 11) is 1.71. The van der Waals surface area contributed by atoms with Gasteiger partial charge in [-0.05, 0) is 49.9 Å². The van der Waals surface area contributed by atoms with Crippen LogP contribution < -0.4 is 10.2 Å². The molecular weight excluding hydrogens is 431 g/mol. The summed E-state index contributed by atoms with van der Waals surface area (Å²) in [6.07, 6.45) is -0.00697. The number of hydrogen-bond acceptors (Lipinski definition) is 6.